The molecule has 1 aromatic heterocycles. The van der Waals surface area contributed by atoms with Crippen molar-refractivity contribution in [1.29, 1.82) is 5.26 Å². The van der Waals surface area contributed by atoms with Crippen molar-refractivity contribution >= 4 is 17.6 Å². The highest BCUT2D eigenvalue weighted by Gasteiger charge is 2.13. The molecule has 0 fully saturated rings. The number of nitriles is 1. The van der Waals surface area contributed by atoms with Crippen LogP contribution in [0.5, 0.6) is 0 Å². The molecule has 1 rings (SSSR count). The minimum atomic E-state index is -0.578. The van der Waals surface area contributed by atoms with Gasteiger partial charge in [-0.15, -0.1) is 0 Å². The molecule has 3 N–H and O–H groups in total. The molecule has 8 heteroatoms. The molecule has 0 atom stereocenters. The van der Waals surface area contributed by atoms with Gasteiger partial charge in [0, 0.05) is 6.54 Å². The van der Waals surface area contributed by atoms with Crippen LogP contribution < -0.4 is 11.1 Å². The second-order valence-corrected chi connectivity index (χ2v) is 4.16. The van der Waals surface area contributed by atoms with Gasteiger partial charge >= 0.3 is 5.97 Å². The third-order valence-corrected chi connectivity index (χ3v) is 2.64. The van der Waals surface area contributed by atoms with Crippen LogP contribution in [-0.2, 0) is 20.9 Å². The number of aromatic nitrogens is 2. The third kappa shape index (κ3) is 4.28. The Morgan fingerprint density at radius 1 is 1.50 bits per heavy atom. The molecule has 0 bridgehead atoms. The average Bonchev–Trinajstić information content (AvgIpc) is 2.64. The SMILES string of the molecule is Cc1nn(CC(=O)OCC(=O)NCCC#N)c(C)c1N. The number of carbonyl (C=O) groups excluding carboxylic acids is 2. The molecular weight excluding hydrogens is 262 g/mol. The number of ether oxygens (including phenoxy) is 1. The zero-order valence-corrected chi connectivity index (χ0v) is 11.5. The second-order valence-electron chi connectivity index (χ2n) is 4.16. The van der Waals surface area contributed by atoms with E-state index in [1.807, 2.05) is 6.07 Å². The van der Waals surface area contributed by atoms with Gasteiger partial charge in [-0.1, -0.05) is 0 Å². The number of nitrogens with two attached hydrogens (primary N) is 1. The number of amides is 1. The molecule has 108 valence electrons. The molecule has 20 heavy (non-hydrogen) atoms. The monoisotopic (exact) mass is 279 g/mol. The van der Waals surface area contributed by atoms with Crippen molar-refractivity contribution in [2.24, 2.45) is 0 Å². The van der Waals surface area contributed by atoms with E-state index in [-0.39, 0.29) is 26.1 Å². The van der Waals surface area contributed by atoms with E-state index in [1.165, 1.54) is 4.68 Å². The van der Waals surface area contributed by atoms with Crippen molar-refractivity contribution in [2.75, 3.05) is 18.9 Å². The van der Waals surface area contributed by atoms with Gasteiger partial charge in [-0.2, -0.15) is 10.4 Å². The molecule has 1 aromatic rings. The maximum atomic E-state index is 11.6. The topological polar surface area (TPSA) is 123 Å². The predicted molar refractivity (Wildman–Crippen MR) is 70.3 cm³/mol. The molecule has 0 saturated heterocycles. The van der Waals surface area contributed by atoms with Crippen LogP contribution in [0.4, 0.5) is 5.69 Å². The molecule has 0 saturated carbocycles. The van der Waals surface area contributed by atoms with Crippen molar-refractivity contribution in [1.82, 2.24) is 15.1 Å². The van der Waals surface area contributed by atoms with Gasteiger partial charge in [0.1, 0.15) is 6.54 Å². The van der Waals surface area contributed by atoms with Gasteiger partial charge in [0.05, 0.1) is 29.6 Å². The fourth-order valence-corrected chi connectivity index (χ4v) is 1.49. The third-order valence-electron chi connectivity index (χ3n) is 2.64. The van der Waals surface area contributed by atoms with Crippen molar-refractivity contribution in [3.05, 3.63) is 11.4 Å². The van der Waals surface area contributed by atoms with Crippen LogP contribution in [0.3, 0.4) is 0 Å². The predicted octanol–water partition coefficient (Wildman–Crippen LogP) is -0.345. The highest BCUT2D eigenvalue weighted by molar-refractivity contribution is 5.80. The number of esters is 1. The van der Waals surface area contributed by atoms with Gasteiger partial charge in [-0.05, 0) is 13.8 Å². The number of nitrogens with zero attached hydrogens (tertiary/aromatic N) is 3. The number of rotatable bonds is 6. The molecular formula is C12H17N5O3. The minimum Gasteiger partial charge on any atom is -0.454 e. The number of hydrogen-bond donors (Lipinski definition) is 2. The number of hydrogen-bond acceptors (Lipinski definition) is 6. The summed E-state index contributed by atoms with van der Waals surface area (Å²) in [5.41, 5.74) is 7.60. The molecule has 0 spiro atoms. The fraction of sp³-hybridized carbons (Fsp3) is 0.500. The summed E-state index contributed by atoms with van der Waals surface area (Å²) < 4.78 is 6.24. The Hall–Kier alpha value is -2.56. The van der Waals surface area contributed by atoms with Crippen LogP contribution >= 0.6 is 0 Å². The Morgan fingerprint density at radius 3 is 2.75 bits per heavy atom. The summed E-state index contributed by atoms with van der Waals surface area (Å²) in [6.45, 7) is 3.25. The second kappa shape index (κ2) is 7.13. The fourth-order valence-electron chi connectivity index (χ4n) is 1.49. The quantitative estimate of drug-likeness (QED) is 0.542. The normalized spacial score (nSPS) is 9.85. The summed E-state index contributed by atoms with van der Waals surface area (Å²) in [5.74, 6) is -1.02. The van der Waals surface area contributed by atoms with Crippen molar-refractivity contribution < 1.29 is 14.3 Å². The largest absolute Gasteiger partial charge is 0.454 e. The standard InChI is InChI=1S/C12H17N5O3/c1-8-12(14)9(2)17(16-8)6-11(19)20-7-10(18)15-5-3-4-13/h3,5-7,14H2,1-2H3,(H,15,18). The molecule has 1 heterocycles. The van der Waals surface area contributed by atoms with E-state index >= 15 is 0 Å². The van der Waals surface area contributed by atoms with Crippen LogP contribution in [-0.4, -0.2) is 34.8 Å². The van der Waals surface area contributed by atoms with Crippen molar-refractivity contribution in [3.8, 4) is 6.07 Å². The van der Waals surface area contributed by atoms with Crippen molar-refractivity contribution in [3.63, 3.8) is 0 Å². The van der Waals surface area contributed by atoms with Gasteiger partial charge < -0.3 is 15.8 Å². The number of nitrogen functional groups attached to an aromatic ring is 1. The lowest BCUT2D eigenvalue weighted by Gasteiger charge is -2.06. The van der Waals surface area contributed by atoms with E-state index in [4.69, 9.17) is 15.7 Å². The number of carbonyl (C=O) groups is 2. The highest BCUT2D eigenvalue weighted by Crippen LogP contribution is 2.14. The van der Waals surface area contributed by atoms with Crippen LogP contribution in [0.25, 0.3) is 0 Å². The summed E-state index contributed by atoms with van der Waals surface area (Å²) in [6, 6.07) is 1.89. The highest BCUT2D eigenvalue weighted by atomic mass is 16.5. The number of anilines is 1. The molecule has 0 aliphatic carbocycles. The van der Waals surface area contributed by atoms with Gasteiger partial charge in [0.2, 0.25) is 0 Å². The maximum absolute atomic E-state index is 11.6. The van der Waals surface area contributed by atoms with E-state index in [1.54, 1.807) is 13.8 Å². The van der Waals surface area contributed by atoms with Crippen molar-refractivity contribution in [2.45, 2.75) is 26.8 Å². The first kappa shape index (κ1) is 15.5. The Labute approximate surface area is 116 Å². The van der Waals surface area contributed by atoms with Crippen LogP contribution in [0.1, 0.15) is 17.8 Å². The number of nitrogens with one attached hydrogen (secondary N) is 1. The van der Waals surface area contributed by atoms with E-state index in [0.29, 0.717) is 17.1 Å². The first-order valence-electron chi connectivity index (χ1n) is 6.04. The zero-order valence-electron chi connectivity index (χ0n) is 11.5. The molecule has 0 aliphatic heterocycles. The number of aryl methyl sites for hydroxylation is 1. The first-order valence-corrected chi connectivity index (χ1v) is 6.04. The first-order chi connectivity index (χ1) is 9.45. The van der Waals surface area contributed by atoms with Gasteiger partial charge in [-0.25, -0.2) is 0 Å². The summed E-state index contributed by atoms with van der Waals surface area (Å²) >= 11 is 0. The molecule has 0 radical (unpaired) electrons. The van der Waals surface area contributed by atoms with E-state index in [2.05, 4.69) is 10.4 Å². The summed E-state index contributed by atoms with van der Waals surface area (Å²) in [5, 5.41) is 14.8. The smallest absolute Gasteiger partial charge is 0.328 e. The lowest BCUT2D eigenvalue weighted by molar-refractivity contribution is -0.149. The van der Waals surface area contributed by atoms with E-state index < -0.39 is 11.9 Å². The van der Waals surface area contributed by atoms with Gasteiger partial charge in [0.25, 0.3) is 5.91 Å². The Morgan fingerprint density at radius 2 is 2.20 bits per heavy atom. The summed E-state index contributed by atoms with van der Waals surface area (Å²) in [7, 11) is 0. The summed E-state index contributed by atoms with van der Waals surface area (Å²) in [6.07, 6.45) is 0.213. The van der Waals surface area contributed by atoms with E-state index in [9.17, 15) is 9.59 Å². The van der Waals surface area contributed by atoms with Crippen LogP contribution in [0, 0.1) is 25.2 Å². The zero-order chi connectivity index (χ0) is 15.1. The van der Waals surface area contributed by atoms with Crippen LogP contribution in [0.15, 0.2) is 0 Å². The Kier molecular flexibility index (Phi) is 5.53. The van der Waals surface area contributed by atoms with E-state index in [0.717, 1.165) is 0 Å². The van der Waals surface area contributed by atoms with Gasteiger partial charge in [-0.3, -0.25) is 14.3 Å². The molecule has 0 aromatic carbocycles. The van der Waals surface area contributed by atoms with Gasteiger partial charge in [0.15, 0.2) is 6.61 Å². The molecule has 1 amide bonds. The maximum Gasteiger partial charge on any atom is 0.328 e. The molecule has 8 nitrogen and oxygen atoms in total. The summed E-state index contributed by atoms with van der Waals surface area (Å²) in [4.78, 5) is 22.8. The molecule has 0 aliphatic rings. The Bertz CT molecular complexity index is 544. The average molecular weight is 279 g/mol. The lowest BCUT2D eigenvalue weighted by Crippen LogP contribution is -2.30. The Balaban J connectivity index is 2.39. The lowest BCUT2D eigenvalue weighted by atomic mass is 10.3. The van der Waals surface area contributed by atoms with Crippen LogP contribution in [0.2, 0.25) is 0 Å². The molecule has 0 unspecified atom stereocenters. The minimum absolute atomic E-state index is 0.102.